The fraction of sp³-hybridized carbons (Fsp3) is 0.375. The van der Waals surface area contributed by atoms with Crippen LogP contribution in [-0.4, -0.2) is 56.1 Å². The fourth-order valence-corrected chi connectivity index (χ4v) is 5.48. The summed E-state index contributed by atoms with van der Waals surface area (Å²) < 4.78 is 10.6. The number of rotatable bonds is 12. The van der Waals surface area contributed by atoms with Crippen LogP contribution in [0, 0.1) is 0 Å². The molecule has 10 heteroatoms. The number of methoxy groups -OCH3 is 2. The van der Waals surface area contributed by atoms with Gasteiger partial charge in [-0.05, 0) is 67.8 Å². The number of carbonyl (C=O) groups is 2. The quantitative estimate of drug-likeness (QED) is 0.246. The Balaban J connectivity index is 1.14. The van der Waals surface area contributed by atoms with Gasteiger partial charge in [-0.15, -0.1) is 0 Å². The number of carbonyl (C=O) groups excluding carboxylic acids is 2. The minimum atomic E-state index is 0.00644. The highest BCUT2D eigenvalue weighted by molar-refractivity contribution is 5.83. The third-order valence-electron chi connectivity index (χ3n) is 7.61. The number of hydrogen-bond acceptors (Lipinski definition) is 10. The molecule has 42 heavy (non-hydrogen) atoms. The van der Waals surface area contributed by atoms with Gasteiger partial charge in [0.15, 0.2) is 0 Å². The largest absolute Gasteiger partial charge is 0.495 e. The second-order valence-corrected chi connectivity index (χ2v) is 10.5. The Morgan fingerprint density at radius 1 is 0.667 bits per heavy atom. The molecule has 216 valence electrons. The van der Waals surface area contributed by atoms with Gasteiger partial charge in [-0.25, -0.2) is 0 Å². The van der Waals surface area contributed by atoms with E-state index in [2.05, 4.69) is 30.4 Å². The molecule has 0 spiro atoms. The Labute approximate surface area is 245 Å². The van der Waals surface area contributed by atoms with Crippen molar-refractivity contribution in [3.8, 4) is 11.5 Å². The van der Waals surface area contributed by atoms with Crippen molar-refractivity contribution < 1.29 is 19.1 Å². The van der Waals surface area contributed by atoms with Crippen molar-refractivity contribution in [2.24, 2.45) is 0 Å². The highest BCUT2D eigenvalue weighted by Crippen LogP contribution is 2.39. The second kappa shape index (κ2) is 13.8. The first kappa shape index (κ1) is 28.9. The summed E-state index contributed by atoms with van der Waals surface area (Å²) in [5.74, 6) is 1.74. The number of ketones is 2. The lowest BCUT2D eigenvalue weighted by Gasteiger charge is -2.28. The van der Waals surface area contributed by atoms with Crippen molar-refractivity contribution >= 4 is 11.6 Å². The Bertz CT molecular complexity index is 1400. The fourth-order valence-electron chi connectivity index (χ4n) is 5.48. The van der Waals surface area contributed by atoms with Crippen LogP contribution in [0.2, 0.25) is 0 Å². The molecule has 5 rings (SSSR count). The first-order valence-corrected chi connectivity index (χ1v) is 14.2. The highest BCUT2D eigenvalue weighted by Gasteiger charge is 2.27. The van der Waals surface area contributed by atoms with Crippen LogP contribution in [0.5, 0.6) is 11.5 Å². The third kappa shape index (κ3) is 7.37. The summed E-state index contributed by atoms with van der Waals surface area (Å²) in [5, 5.41) is 17.7. The van der Waals surface area contributed by atoms with Gasteiger partial charge in [0.25, 0.3) is 0 Å². The molecule has 4 aromatic heterocycles. The van der Waals surface area contributed by atoms with Crippen molar-refractivity contribution in [3.63, 3.8) is 0 Å². The van der Waals surface area contributed by atoms with E-state index in [1.165, 1.54) is 0 Å². The monoisotopic (exact) mass is 566 g/mol. The standard InChI is InChI=1S/C32H34N6O4/c1-41-31-8-4-14-33-29(31)19-25(39)17-23-10-12-27(37-35-23)21-6-3-7-22(16-21)28-13-11-24(36-38-28)18-26(40)20-30-32(42-2)9-5-15-34-30/h4-5,8-15,21-22H,3,6-7,16-20H2,1-2H3/t21-,22-/m1/s1. The van der Waals surface area contributed by atoms with Crippen LogP contribution in [0.25, 0.3) is 0 Å². The van der Waals surface area contributed by atoms with Crippen LogP contribution in [0.1, 0.15) is 71.7 Å². The molecular formula is C32H34N6O4. The Morgan fingerprint density at radius 3 is 1.55 bits per heavy atom. The molecule has 2 atom stereocenters. The number of hydrogen-bond donors (Lipinski definition) is 0. The Hall–Kier alpha value is -4.60. The Morgan fingerprint density at radius 2 is 1.14 bits per heavy atom. The molecule has 0 aromatic carbocycles. The van der Waals surface area contributed by atoms with E-state index < -0.39 is 0 Å². The average Bonchev–Trinajstić information content (AvgIpc) is 3.02. The lowest BCUT2D eigenvalue weighted by atomic mass is 9.78. The Kier molecular flexibility index (Phi) is 9.53. The van der Waals surface area contributed by atoms with E-state index in [0.29, 0.717) is 34.3 Å². The highest BCUT2D eigenvalue weighted by atomic mass is 16.5. The minimum absolute atomic E-state index is 0.00644. The van der Waals surface area contributed by atoms with Crippen molar-refractivity contribution in [2.75, 3.05) is 14.2 Å². The summed E-state index contributed by atoms with van der Waals surface area (Å²) in [4.78, 5) is 33.8. The lowest BCUT2D eigenvalue weighted by Crippen LogP contribution is -2.17. The van der Waals surface area contributed by atoms with Crippen LogP contribution in [0.4, 0.5) is 0 Å². The maximum absolute atomic E-state index is 12.6. The van der Waals surface area contributed by atoms with E-state index in [4.69, 9.17) is 9.47 Å². The van der Waals surface area contributed by atoms with Crippen LogP contribution in [-0.2, 0) is 35.3 Å². The molecule has 1 aliphatic carbocycles. The number of pyridine rings is 2. The summed E-state index contributed by atoms with van der Waals surface area (Å²) in [6, 6.07) is 14.9. The first-order valence-electron chi connectivity index (χ1n) is 14.2. The van der Waals surface area contributed by atoms with Gasteiger partial charge in [-0.1, -0.05) is 6.42 Å². The molecule has 0 radical (unpaired) electrons. The van der Waals surface area contributed by atoms with Crippen LogP contribution >= 0.6 is 0 Å². The van der Waals surface area contributed by atoms with Gasteiger partial charge < -0.3 is 9.47 Å². The van der Waals surface area contributed by atoms with Gasteiger partial charge in [0.2, 0.25) is 0 Å². The molecule has 4 heterocycles. The molecule has 1 aliphatic rings. The zero-order valence-electron chi connectivity index (χ0n) is 23.9. The predicted molar refractivity (Wildman–Crippen MR) is 154 cm³/mol. The average molecular weight is 567 g/mol. The van der Waals surface area contributed by atoms with Crippen LogP contribution in [0.15, 0.2) is 60.9 Å². The summed E-state index contributed by atoms with van der Waals surface area (Å²) in [6.07, 6.45) is 8.08. The maximum Gasteiger partial charge on any atom is 0.144 e. The minimum Gasteiger partial charge on any atom is -0.495 e. The number of ether oxygens (including phenoxy) is 2. The van der Waals surface area contributed by atoms with Crippen molar-refractivity contribution in [2.45, 2.75) is 63.2 Å². The molecule has 1 saturated carbocycles. The molecule has 4 aromatic rings. The number of Topliss-reactive ketones (excluding diaryl/α,β-unsaturated/α-hetero) is 2. The van der Waals surface area contributed by atoms with E-state index in [1.807, 2.05) is 24.3 Å². The molecule has 10 nitrogen and oxygen atoms in total. The van der Waals surface area contributed by atoms with Gasteiger partial charge >= 0.3 is 0 Å². The molecule has 0 unspecified atom stereocenters. The normalized spacial score (nSPS) is 16.5. The third-order valence-corrected chi connectivity index (χ3v) is 7.61. The van der Waals surface area contributed by atoms with E-state index in [9.17, 15) is 9.59 Å². The second-order valence-electron chi connectivity index (χ2n) is 10.5. The summed E-state index contributed by atoms with van der Waals surface area (Å²) in [6.45, 7) is 0. The molecular weight excluding hydrogens is 532 g/mol. The summed E-state index contributed by atoms with van der Waals surface area (Å²) in [7, 11) is 3.14. The number of aromatic nitrogens is 6. The van der Waals surface area contributed by atoms with E-state index in [1.54, 1.807) is 50.9 Å². The first-order chi connectivity index (χ1) is 20.5. The molecule has 0 amide bonds. The van der Waals surface area contributed by atoms with Gasteiger partial charge in [0, 0.05) is 24.2 Å². The zero-order valence-corrected chi connectivity index (χ0v) is 23.9. The van der Waals surface area contributed by atoms with E-state index in [-0.39, 0.29) is 49.1 Å². The number of nitrogens with zero attached hydrogens (tertiary/aromatic N) is 6. The predicted octanol–water partition coefficient (Wildman–Crippen LogP) is 4.22. The van der Waals surface area contributed by atoms with E-state index in [0.717, 1.165) is 37.1 Å². The zero-order chi connectivity index (χ0) is 29.3. The van der Waals surface area contributed by atoms with Crippen molar-refractivity contribution in [1.82, 2.24) is 30.4 Å². The summed E-state index contributed by atoms with van der Waals surface area (Å²) >= 11 is 0. The van der Waals surface area contributed by atoms with Crippen LogP contribution in [0.3, 0.4) is 0 Å². The molecule has 0 N–H and O–H groups in total. The van der Waals surface area contributed by atoms with Gasteiger partial charge in [-0.3, -0.25) is 19.6 Å². The summed E-state index contributed by atoms with van der Waals surface area (Å²) in [5.41, 5.74) is 4.39. The van der Waals surface area contributed by atoms with Crippen LogP contribution < -0.4 is 9.47 Å². The van der Waals surface area contributed by atoms with Gasteiger partial charge in [-0.2, -0.15) is 20.4 Å². The SMILES string of the molecule is COc1cccnc1CC(=O)Cc1ccc([C@@H]2CCC[C@@H](c3ccc(CC(=O)Cc4ncccc4OC)nn3)C2)nn1. The van der Waals surface area contributed by atoms with Crippen molar-refractivity contribution in [3.05, 3.63) is 95.1 Å². The molecule has 0 aliphatic heterocycles. The molecule has 0 bridgehead atoms. The van der Waals surface area contributed by atoms with Gasteiger partial charge in [0.1, 0.15) is 23.1 Å². The lowest BCUT2D eigenvalue weighted by molar-refractivity contribution is -0.118. The topological polar surface area (TPSA) is 130 Å². The maximum atomic E-state index is 12.6. The van der Waals surface area contributed by atoms with Gasteiger partial charge in [0.05, 0.1) is 74.1 Å². The smallest absolute Gasteiger partial charge is 0.144 e. The molecule has 1 fully saturated rings. The molecule has 0 saturated heterocycles. The van der Waals surface area contributed by atoms with E-state index >= 15 is 0 Å². The van der Waals surface area contributed by atoms with Crippen molar-refractivity contribution in [1.29, 1.82) is 0 Å².